The first-order valence-corrected chi connectivity index (χ1v) is 6.48. The Hall–Kier alpha value is -2.95. The normalized spacial score (nSPS) is 10.7. The third-order valence-electron chi connectivity index (χ3n) is 3.44. The molecule has 1 aromatic heterocycles. The summed E-state index contributed by atoms with van der Waals surface area (Å²) in [5.41, 5.74) is 1.90. The number of aromatic amines is 1. The van der Waals surface area contributed by atoms with Crippen molar-refractivity contribution < 1.29 is 4.92 Å². The van der Waals surface area contributed by atoms with E-state index in [2.05, 4.69) is 4.98 Å². The molecule has 1 heterocycles. The Kier molecular flexibility index (Phi) is 3.23. The number of nitrogens with zero attached hydrogens (tertiary/aromatic N) is 1. The predicted octanol–water partition coefficient (Wildman–Crippen LogP) is 3.03. The summed E-state index contributed by atoms with van der Waals surface area (Å²) in [5, 5.41) is 12.2. The second-order valence-electron chi connectivity index (χ2n) is 4.79. The molecule has 21 heavy (non-hydrogen) atoms. The van der Waals surface area contributed by atoms with Gasteiger partial charge in [-0.1, -0.05) is 30.3 Å². The van der Waals surface area contributed by atoms with Crippen molar-refractivity contribution in [1.82, 2.24) is 4.98 Å². The third-order valence-corrected chi connectivity index (χ3v) is 3.44. The highest BCUT2D eigenvalue weighted by Crippen LogP contribution is 2.19. The van der Waals surface area contributed by atoms with Gasteiger partial charge in [0.1, 0.15) is 0 Å². The van der Waals surface area contributed by atoms with Crippen LogP contribution in [0, 0.1) is 10.1 Å². The molecule has 3 aromatic rings. The Labute approximate surface area is 120 Å². The van der Waals surface area contributed by atoms with Crippen LogP contribution in [0.5, 0.6) is 0 Å². The average Bonchev–Trinajstić information content (AvgIpc) is 2.51. The number of fused-ring (bicyclic) bond motifs is 1. The molecule has 1 N–H and O–H groups in total. The van der Waals surface area contributed by atoms with Gasteiger partial charge in [-0.15, -0.1) is 0 Å². The zero-order valence-electron chi connectivity index (χ0n) is 11.1. The highest BCUT2D eigenvalue weighted by atomic mass is 16.6. The van der Waals surface area contributed by atoms with Crippen molar-refractivity contribution in [3.8, 4) is 0 Å². The molecule has 0 radical (unpaired) electrons. The molecule has 0 bridgehead atoms. The van der Waals surface area contributed by atoms with Gasteiger partial charge in [0.05, 0.1) is 4.92 Å². The minimum atomic E-state index is -0.417. The summed E-state index contributed by atoms with van der Waals surface area (Å²) in [6.45, 7) is 0. The van der Waals surface area contributed by atoms with Gasteiger partial charge in [-0.2, -0.15) is 0 Å². The van der Waals surface area contributed by atoms with Gasteiger partial charge in [-0.05, 0) is 29.0 Å². The molecule has 104 valence electrons. The summed E-state index contributed by atoms with van der Waals surface area (Å²) in [6, 6.07) is 13.9. The zero-order chi connectivity index (χ0) is 14.8. The first kappa shape index (κ1) is 13.1. The van der Waals surface area contributed by atoms with Crippen LogP contribution in [-0.4, -0.2) is 9.91 Å². The first-order chi connectivity index (χ1) is 10.1. The van der Waals surface area contributed by atoms with Crippen LogP contribution in [0.3, 0.4) is 0 Å². The quantitative estimate of drug-likeness (QED) is 0.591. The molecule has 0 atom stereocenters. The van der Waals surface area contributed by atoms with E-state index >= 15 is 0 Å². The van der Waals surface area contributed by atoms with Gasteiger partial charge in [0.25, 0.3) is 11.2 Å². The molecule has 0 saturated heterocycles. The fraction of sp³-hybridized carbons (Fsp3) is 0.0625. The molecule has 2 aromatic carbocycles. The van der Waals surface area contributed by atoms with Gasteiger partial charge in [0.15, 0.2) is 0 Å². The van der Waals surface area contributed by atoms with Crippen molar-refractivity contribution >= 4 is 16.5 Å². The van der Waals surface area contributed by atoms with E-state index in [9.17, 15) is 14.9 Å². The molecule has 0 aliphatic carbocycles. The predicted molar refractivity (Wildman–Crippen MR) is 80.5 cm³/mol. The van der Waals surface area contributed by atoms with Crippen LogP contribution in [0.2, 0.25) is 0 Å². The Morgan fingerprint density at radius 1 is 1.00 bits per heavy atom. The van der Waals surface area contributed by atoms with Crippen LogP contribution >= 0.6 is 0 Å². The highest BCUT2D eigenvalue weighted by molar-refractivity contribution is 5.84. The fourth-order valence-electron chi connectivity index (χ4n) is 2.37. The van der Waals surface area contributed by atoms with E-state index in [0.717, 1.165) is 16.5 Å². The van der Waals surface area contributed by atoms with Gasteiger partial charge in [-0.25, -0.2) is 0 Å². The molecular weight excluding hydrogens is 268 g/mol. The van der Waals surface area contributed by atoms with Crippen LogP contribution in [0.4, 0.5) is 5.69 Å². The van der Waals surface area contributed by atoms with E-state index in [4.69, 9.17) is 0 Å². The number of nitro groups is 1. The highest BCUT2D eigenvalue weighted by Gasteiger charge is 2.07. The molecule has 5 nitrogen and oxygen atoms in total. The van der Waals surface area contributed by atoms with Crippen molar-refractivity contribution in [3.63, 3.8) is 0 Å². The Morgan fingerprint density at radius 2 is 1.67 bits per heavy atom. The van der Waals surface area contributed by atoms with Crippen LogP contribution < -0.4 is 5.56 Å². The second kappa shape index (κ2) is 5.20. The van der Waals surface area contributed by atoms with E-state index in [1.54, 1.807) is 24.4 Å². The number of non-ortho nitro benzene ring substituents is 1. The molecular formula is C16H12N2O3. The van der Waals surface area contributed by atoms with E-state index in [-0.39, 0.29) is 11.2 Å². The SMILES string of the molecule is O=c1[nH]cc(Cc2ccc([N+](=O)[O-])cc2)c2ccccc12. The van der Waals surface area contributed by atoms with Gasteiger partial charge >= 0.3 is 0 Å². The Balaban J connectivity index is 2.00. The molecule has 0 unspecified atom stereocenters. The topological polar surface area (TPSA) is 76.0 Å². The molecule has 0 saturated carbocycles. The number of pyridine rings is 1. The maximum Gasteiger partial charge on any atom is 0.269 e. The molecule has 5 heteroatoms. The Bertz CT molecular complexity index is 867. The summed E-state index contributed by atoms with van der Waals surface area (Å²) in [7, 11) is 0. The monoisotopic (exact) mass is 280 g/mol. The van der Waals surface area contributed by atoms with Gasteiger partial charge in [0, 0.05) is 23.7 Å². The smallest absolute Gasteiger partial charge is 0.269 e. The van der Waals surface area contributed by atoms with Gasteiger partial charge in [-0.3, -0.25) is 14.9 Å². The van der Waals surface area contributed by atoms with E-state index < -0.39 is 4.92 Å². The summed E-state index contributed by atoms with van der Waals surface area (Å²) in [6.07, 6.45) is 2.31. The summed E-state index contributed by atoms with van der Waals surface area (Å²) in [5.74, 6) is 0. The van der Waals surface area contributed by atoms with Gasteiger partial charge < -0.3 is 4.98 Å². The number of hydrogen-bond donors (Lipinski definition) is 1. The average molecular weight is 280 g/mol. The van der Waals surface area contributed by atoms with Crippen molar-refractivity contribution in [2.24, 2.45) is 0 Å². The lowest BCUT2D eigenvalue weighted by Crippen LogP contribution is -2.07. The maximum atomic E-state index is 11.8. The number of rotatable bonds is 3. The summed E-state index contributed by atoms with van der Waals surface area (Å²) in [4.78, 5) is 24.7. The van der Waals surface area contributed by atoms with Crippen molar-refractivity contribution in [2.45, 2.75) is 6.42 Å². The lowest BCUT2D eigenvalue weighted by Gasteiger charge is -2.06. The molecule has 0 fully saturated rings. The molecule has 0 aliphatic rings. The number of nitrogens with one attached hydrogen (secondary N) is 1. The minimum absolute atomic E-state index is 0.0741. The third kappa shape index (κ3) is 2.53. The second-order valence-corrected chi connectivity index (χ2v) is 4.79. The van der Waals surface area contributed by atoms with Crippen LogP contribution in [-0.2, 0) is 6.42 Å². The van der Waals surface area contributed by atoms with E-state index in [1.807, 2.05) is 18.2 Å². The molecule has 0 spiro atoms. The maximum absolute atomic E-state index is 11.8. The number of hydrogen-bond acceptors (Lipinski definition) is 3. The standard InChI is InChI=1S/C16H12N2O3/c19-16-15-4-2-1-3-14(15)12(10-17-16)9-11-5-7-13(8-6-11)18(20)21/h1-8,10H,9H2,(H,17,19). The lowest BCUT2D eigenvalue weighted by molar-refractivity contribution is -0.384. The zero-order valence-corrected chi connectivity index (χ0v) is 11.1. The number of H-pyrrole nitrogens is 1. The fourth-order valence-corrected chi connectivity index (χ4v) is 2.37. The summed E-state index contributed by atoms with van der Waals surface area (Å²) < 4.78 is 0. The molecule has 0 aliphatic heterocycles. The number of aromatic nitrogens is 1. The largest absolute Gasteiger partial charge is 0.328 e. The summed E-state index contributed by atoms with van der Waals surface area (Å²) >= 11 is 0. The molecule has 0 amide bonds. The minimum Gasteiger partial charge on any atom is -0.328 e. The lowest BCUT2D eigenvalue weighted by atomic mass is 10.0. The van der Waals surface area contributed by atoms with Crippen LogP contribution in [0.25, 0.3) is 10.8 Å². The van der Waals surface area contributed by atoms with Crippen LogP contribution in [0.15, 0.2) is 59.5 Å². The first-order valence-electron chi connectivity index (χ1n) is 6.48. The van der Waals surface area contributed by atoms with Crippen LogP contribution in [0.1, 0.15) is 11.1 Å². The van der Waals surface area contributed by atoms with Crippen molar-refractivity contribution in [1.29, 1.82) is 0 Å². The van der Waals surface area contributed by atoms with Crippen molar-refractivity contribution in [2.75, 3.05) is 0 Å². The van der Waals surface area contributed by atoms with E-state index in [0.29, 0.717) is 11.8 Å². The number of benzene rings is 2. The van der Waals surface area contributed by atoms with Crippen molar-refractivity contribution in [3.05, 3.63) is 86.3 Å². The van der Waals surface area contributed by atoms with E-state index in [1.165, 1.54) is 12.1 Å². The number of nitro benzene ring substituents is 1. The Morgan fingerprint density at radius 3 is 2.33 bits per heavy atom. The van der Waals surface area contributed by atoms with Gasteiger partial charge in [0.2, 0.25) is 0 Å². The molecule has 3 rings (SSSR count).